The first-order valence-corrected chi connectivity index (χ1v) is 7.35. The Labute approximate surface area is 118 Å². The van der Waals surface area contributed by atoms with Crippen LogP contribution in [-0.4, -0.2) is 18.8 Å². The zero-order valence-corrected chi connectivity index (χ0v) is 13.1. The molecule has 0 saturated carbocycles. The van der Waals surface area contributed by atoms with E-state index >= 15 is 0 Å². The smallest absolute Gasteiger partial charge is 0.0750 e. The highest BCUT2D eigenvalue weighted by molar-refractivity contribution is 5.22. The molecule has 0 aliphatic carbocycles. The summed E-state index contributed by atoms with van der Waals surface area (Å²) < 4.78 is 5.67. The molecule has 1 aromatic rings. The fourth-order valence-corrected chi connectivity index (χ4v) is 2.21. The minimum Gasteiger partial charge on any atom is -0.375 e. The Morgan fingerprint density at radius 3 is 2.21 bits per heavy atom. The molecule has 0 aliphatic heterocycles. The molecule has 0 fully saturated rings. The van der Waals surface area contributed by atoms with E-state index in [0.717, 1.165) is 32.0 Å². The second-order valence-electron chi connectivity index (χ2n) is 6.21. The minimum atomic E-state index is -0.0909. The molecule has 0 atom stereocenters. The zero-order chi connectivity index (χ0) is 14.3. The third kappa shape index (κ3) is 6.74. The summed E-state index contributed by atoms with van der Waals surface area (Å²) in [6.45, 7) is 13.3. The van der Waals surface area contributed by atoms with Gasteiger partial charge in [-0.15, -0.1) is 0 Å². The molecule has 0 heterocycles. The largest absolute Gasteiger partial charge is 0.375 e. The molecule has 1 aromatic carbocycles. The Balaban J connectivity index is 2.38. The van der Waals surface area contributed by atoms with Crippen LogP contribution in [0, 0.1) is 5.92 Å². The average molecular weight is 263 g/mol. The number of nitrogens with one attached hydrogen (secondary N) is 1. The van der Waals surface area contributed by atoms with Crippen LogP contribution in [0.5, 0.6) is 0 Å². The third-order valence-electron chi connectivity index (χ3n) is 3.08. The standard InChI is InChI=1S/C17H29NO/c1-6-19-17(4,5)13-18-12-16-9-7-15(8-10-16)11-14(2)3/h7-10,14,18H,6,11-13H2,1-5H3. The van der Waals surface area contributed by atoms with Gasteiger partial charge in [0, 0.05) is 19.7 Å². The summed E-state index contributed by atoms with van der Waals surface area (Å²) in [6, 6.07) is 8.92. The fraction of sp³-hybridized carbons (Fsp3) is 0.647. The lowest BCUT2D eigenvalue weighted by atomic mass is 10.0. The Morgan fingerprint density at radius 1 is 1.11 bits per heavy atom. The molecule has 0 aromatic heterocycles. The van der Waals surface area contributed by atoms with Gasteiger partial charge >= 0.3 is 0 Å². The summed E-state index contributed by atoms with van der Waals surface area (Å²) >= 11 is 0. The summed E-state index contributed by atoms with van der Waals surface area (Å²) in [5.41, 5.74) is 2.67. The molecular weight excluding hydrogens is 234 g/mol. The average Bonchev–Trinajstić information content (AvgIpc) is 2.30. The molecule has 0 amide bonds. The van der Waals surface area contributed by atoms with E-state index in [1.165, 1.54) is 11.1 Å². The molecule has 0 aliphatic rings. The molecule has 2 heteroatoms. The van der Waals surface area contributed by atoms with Crippen LogP contribution in [0.15, 0.2) is 24.3 Å². The van der Waals surface area contributed by atoms with Crippen LogP contribution in [0.4, 0.5) is 0 Å². The van der Waals surface area contributed by atoms with Crippen molar-refractivity contribution in [3.63, 3.8) is 0 Å². The van der Waals surface area contributed by atoms with Gasteiger partial charge < -0.3 is 10.1 Å². The maximum absolute atomic E-state index is 5.67. The van der Waals surface area contributed by atoms with E-state index in [-0.39, 0.29) is 5.60 Å². The van der Waals surface area contributed by atoms with Crippen LogP contribution in [0.25, 0.3) is 0 Å². The van der Waals surface area contributed by atoms with Crippen molar-refractivity contribution in [2.24, 2.45) is 5.92 Å². The van der Waals surface area contributed by atoms with Crippen molar-refractivity contribution in [1.82, 2.24) is 5.32 Å². The second kappa shape index (κ2) is 7.66. The van der Waals surface area contributed by atoms with Gasteiger partial charge in [0.15, 0.2) is 0 Å². The Kier molecular flexibility index (Phi) is 6.53. The van der Waals surface area contributed by atoms with Gasteiger partial charge in [0.2, 0.25) is 0 Å². The number of benzene rings is 1. The summed E-state index contributed by atoms with van der Waals surface area (Å²) in [6.07, 6.45) is 1.16. The Morgan fingerprint density at radius 2 is 1.68 bits per heavy atom. The number of hydrogen-bond acceptors (Lipinski definition) is 2. The minimum absolute atomic E-state index is 0.0909. The van der Waals surface area contributed by atoms with Gasteiger partial charge in [-0.1, -0.05) is 38.1 Å². The van der Waals surface area contributed by atoms with E-state index in [2.05, 4.69) is 57.3 Å². The third-order valence-corrected chi connectivity index (χ3v) is 3.08. The lowest BCUT2D eigenvalue weighted by Gasteiger charge is -2.25. The van der Waals surface area contributed by atoms with Crippen molar-refractivity contribution < 1.29 is 4.74 Å². The van der Waals surface area contributed by atoms with Gasteiger partial charge in [-0.2, -0.15) is 0 Å². The van der Waals surface area contributed by atoms with Crippen molar-refractivity contribution >= 4 is 0 Å². The van der Waals surface area contributed by atoms with Crippen molar-refractivity contribution in [2.45, 2.75) is 53.2 Å². The highest BCUT2D eigenvalue weighted by atomic mass is 16.5. The molecule has 1 N–H and O–H groups in total. The van der Waals surface area contributed by atoms with Crippen LogP contribution < -0.4 is 5.32 Å². The van der Waals surface area contributed by atoms with Crippen LogP contribution >= 0.6 is 0 Å². The van der Waals surface area contributed by atoms with Crippen molar-refractivity contribution in [1.29, 1.82) is 0 Å². The Bertz CT molecular complexity index is 354. The summed E-state index contributed by atoms with van der Waals surface area (Å²) in [5.74, 6) is 0.718. The quantitative estimate of drug-likeness (QED) is 0.770. The molecule has 108 valence electrons. The maximum Gasteiger partial charge on any atom is 0.0750 e. The van der Waals surface area contributed by atoms with Crippen LogP contribution in [-0.2, 0) is 17.7 Å². The highest BCUT2D eigenvalue weighted by Gasteiger charge is 2.16. The summed E-state index contributed by atoms with van der Waals surface area (Å²) in [4.78, 5) is 0. The summed E-state index contributed by atoms with van der Waals surface area (Å²) in [7, 11) is 0. The topological polar surface area (TPSA) is 21.3 Å². The lowest BCUT2D eigenvalue weighted by molar-refractivity contribution is -0.00897. The highest BCUT2D eigenvalue weighted by Crippen LogP contribution is 2.11. The number of hydrogen-bond donors (Lipinski definition) is 1. The predicted octanol–water partition coefficient (Wildman–Crippen LogP) is 3.79. The number of ether oxygens (including phenoxy) is 1. The van der Waals surface area contributed by atoms with Crippen LogP contribution in [0.2, 0.25) is 0 Å². The van der Waals surface area contributed by atoms with E-state index in [9.17, 15) is 0 Å². The van der Waals surface area contributed by atoms with Crippen molar-refractivity contribution in [2.75, 3.05) is 13.2 Å². The molecule has 0 spiro atoms. The van der Waals surface area contributed by atoms with E-state index in [1.807, 2.05) is 6.92 Å². The van der Waals surface area contributed by atoms with Gasteiger partial charge in [0.05, 0.1) is 5.60 Å². The first-order chi connectivity index (χ1) is 8.93. The molecule has 0 saturated heterocycles. The summed E-state index contributed by atoms with van der Waals surface area (Å²) in [5, 5.41) is 3.46. The Hall–Kier alpha value is -0.860. The molecular formula is C17H29NO. The van der Waals surface area contributed by atoms with Gasteiger partial charge in [-0.3, -0.25) is 0 Å². The molecule has 0 unspecified atom stereocenters. The second-order valence-corrected chi connectivity index (χ2v) is 6.21. The van der Waals surface area contributed by atoms with E-state index in [0.29, 0.717) is 0 Å². The lowest BCUT2D eigenvalue weighted by Crippen LogP contribution is -2.37. The van der Waals surface area contributed by atoms with Crippen LogP contribution in [0.1, 0.15) is 45.7 Å². The first-order valence-electron chi connectivity index (χ1n) is 7.35. The fourth-order valence-electron chi connectivity index (χ4n) is 2.21. The van der Waals surface area contributed by atoms with Crippen LogP contribution in [0.3, 0.4) is 0 Å². The van der Waals surface area contributed by atoms with E-state index in [1.54, 1.807) is 0 Å². The molecule has 1 rings (SSSR count). The predicted molar refractivity (Wildman–Crippen MR) is 82.4 cm³/mol. The molecule has 19 heavy (non-hydrogen) atoms. The number of rotatable bonds is 8. The molecule has 0 radical (unpaired) electrons. The normalized spacial score (nSPS) is 12.1. The molecule has 0 bridgehead atoms. The van der Waals surface area contributed by atoms with Gasteiger partial charge in [0.25, 0.3) is 0 Å². The van der Waals surface area contributed by atoms with Gasteiger partial charge in [0.1, 0.15) is 0 Å². The van der Waals surface area contributed by atoms with Crippen molar-refractivity contribution in [3.8, 4) is 0 Å². The van der Waals surface area contributed by atoms with E-state index < -0.39 is 0 Å². The van der Waals surface area contributed by atoms with Gasteiger partial charge in [-0.25, -0.2) is 0 Å². The van der Waals surface area contributed by atoms with Gasteiger partial charge in [-0.05, 0) is 44.2 Å². The monoisotopic (exact) mass is 263 g/mol. The molecule has 2 nitrogen and oxygen atoms in total. The SMILES string of the molecule is CCOC(C)(C)CNCc1ccc(CC(C)C)cc1. The first kappa shape index (κ1) is 16.2. The zero-order valence-electron chi connectivity index (χ0n) is 13.1. The maximum atomic E-state index is 5.67. The van der Waals surface area contributed by atoms with E-state index in [4.69, 9.17) is 4.74 Å². The van der Waals surface area contributed by atoms with Crippen molar-refractivity contribution in [3.05, 3.63) is 35.4 Å².